The summed E-state index contributed by atoms with van der Waals surface area (Å²) in [7, 11) is 0. The van der Waals surface area contributed by atoms with Crippen LogP contribution < -0.4 is 14.8 Å². The maximum Gasteiger partial charge on any atom is 0.234 e. The van der Waals surface area contributed by atoms with E-state index < -0.39 is 0 Å². The average Bonchev–Trinajstić information content (AvgIpc) is 2.73. The molecule has 1 atom stereocenters. The topological polar surface area (TPSA) is 50.8 Å². The summed E-state index contributed by atoms with van der Waals surface area (Å²) in [6, 6.07) is 18.0. The lowest BCUT2D eigenvalue weighted by Crippen LogP contribution is -2.45. The monoisotopic (exact) mass is 364 g/mol. The standard InChI is InChI=1S/C22H24N2O3/c25-22(23-14-19-16-26-20-8-4-5-9-21(20)27-19)15-24-12-10-18(11-13-24)17-6-2-1-3-7-17/h1-10,19H,11-16H2,(H,23,25)/t19-/m0/s1. The Morgan fingerprint density at radius 2 is 1.85 bits per heavy atom. The van der Waals surface area contributed by atoms with Crippen molar-refractivity contribution < 1.29 is 14.3 Å². The van der Waals surface area contributed by atoms with E-state index >= 15 is 0 Å². The minimum absolute atomic E-state index is 0.0222. The van der Waals surface area contributed by atoms with Crippen LogP contribution in [0.25, 0.3) is 5.57 Å². The van der Waals surface area contributed by atoms with E-state index in [0.717, 1.165) is 31.0 Å². The lowest BCUT2D eigenvalue weighted by atomic mass is 10.00. The molecule has 27 heavy (non-hydrogen) atoms. The summed E-state index contributed by atoms with van der Waals surface area (Å²) in [6.07, 6.45) is 3.03. The molecule has 2 heterocycles. The second-order valence-corrected chi connectivity index (χ2v) is 6.88. The van der Waals surface area contributed by atoms with Crippen molar-refractivity contribution in [3.63, 3.8) is 0 Å². The first kappa shape index (κ1) is 17.6. The fourth-order valence-electron chi connectivity index (χ4n) is 3.42. The highest BCUT2D eigenvalue weighted by atomic mass is 16.6. The molecule has 140 valence electrons. The predicted molar refractivity (Wildman–Crippen MR) is 105 cm³/mol. The summed E-state index contributed by atoms with van der Waals surface area (Å²) >= 11 is 0. The highest BCUT2D eigenvalue weighted by Crippen LogP contribution is 2.30. The summed E-state index contributed by atoms with van der Waals surface area (Å²) in [5.41, 5.74) is 2.63. The van der Waals surface area contributed by atoms with Gasteiger partial charge in [-0.05, 0) is 29.7 Å². The number of carbonyl (C=O) groups is 1. The number of para-hydroxylation sites is 2. The zero-order valence-corrected chi connectivity index (χ0v) is 15.3. The van der Waals surface area contributed by atoms with Gasteiger partial charge in [0.15, 0.2) is 11.5 Å². The minimum atomic E-state index is -0.158. The molecule has 0 radical (unpaired) electrons. The smallest absolute Gasteiger partial charge is 0.234 e. The number of nitrogens with one attached hydrogen (secondary N) is 1. The number of rotatable bonds is 5. The van der Waals surface area contributed by atoms with Crippen LogP contribution in [-0.4, -0.2) is 49.7 Å². The Bertz CT molecular complexity index is 819. The van der Waals surface area contributed by atoms with Crippen molar-refractivity contribution in [3.05, 3.63) is 66.2 Å². The van der Waals surface area contributed by atoms with E-state index in [1.807, 2.05) is 30.3 Å². The van der Waals surface area contributed by atoms with E-state index in [1.165, 1.54) is 11.1 Å². The third kappa shape index (κ3) is 4.49. The van der Waals surface area contributed by atoms with Gasteiger partial charge in [0.2, 0.25) is 5.91 Å². The van der Waals surface area contributed by atoms with E-state index in [4.69, 9.17) is 9.47 Å². The van der Waals surface area contributed by atoms with Crippen LogP contribution in [0.2, 0.25) is 0 Å². The molecule has 0 saturated heterocycles. The molecule has 0 saturated carbocycles. The quantitative estimate of drug-likeness (QED) is 0.886. The van der Waals surface area contributed by atoms with Gasteiger partial charge in [-0.1, -0.05) is 48.5 Å². The number of ether oxygens (including phenoxy) is 2. The minimum Gasteiger partial charge on any atom is -0.486 e. The molecule has 1 amide bonds. The number of hydrogen-bond donors (Lipinski definition) is 1. The van der Waals surface area contributed by atoms with Gasteiger partial charge >= 0.3 is 0 Å². The molecule has 0 aliphatic carbocycles. The molecule has 0 fully saturated rings. The van der Waals surface area contributed by atoms with E-state index in [0.29, 0.717) is 19.7 Å². The largest absolute Gasteiger partial charge is 0.486 e. The Hall–Kier alpha value is -2.79. The summed E-state index contributed by atoms with van der Waals surface area (Å²) in [5.74, 6) is 1.51. The normalized spacial score (nSPS) is 19.3. The summed E-state index contributed by atoms with van der Waals surface area (Å²) < 4.78 is 11.6. The van der Waals surface area contributed by atoms with Gasteiger partial charge in [0.05, 0.1) is 13.1 Å². The van der Waals surface area contributed by atoms with Crippen molar-refractivity contribution in [2.75, 3.05) is 32.8 Å². The SMILES string of the molecule is O=C(CN1CC=C(c2ccccc2)CC1)NC[C@H]1COc2ccccc2O1. The number of amides is 1. The third-order valence-electron chi connectivity index (χ3n) is 4.90. The second-order valence-electron chi connectivity index (χ2n) is 6.88. The molecule has 0 aromatic heterocycles. The van der Waals surface area contributed by atoms with E-state index in [9.17, 15) is 4.79 Å². The van der Waals surface area contributed by atoms with Crippen LogP contribution in [0.15, 0.2) is 60.7 Å². The van der Waals surface area contributed by atoms with Crippen molar-refractivity contribution in [2.45, 2.75) is 12.5 Å². The molecule has 0 bridgehead atoms. The summed E-state index contributed by atoms with van der Waals surface area (Å²) in [6.45, 7) is 3.00. The van der Waals surface area contributed by atoms with Crippen LogP contribution >= 0.6 is 0 Å². The van der Waals surface area contributed by atoms with Gasteiger partial charge in [0, 0.05) is 13.1 Å². The van der Waals surface area contributed by atoms with Gasteiger partial charge in [-0.3, -0.25) is 9.69 Å². The van der Waals surface area contributed by atoms with E-state index in [2.05, 4.69) is 40.6 Å². The van der Waals surface area contributed by atoms with Gasteiger partial charge in [0.1, 0.15) is 12.7 Å². The summed E-state index contributed by atoms with van der Waals surface area (Å²) in [5, 5.41) is 2.97. The van der Waals surface area contributed by atoms with Crippen LogP contribution in [-0.2, 0) is 4.79 Å². The highest BCUT2D eigenvalue weighted by Gasteiger charge is 2.22. The molecule has 5 nitrogen and oxygen atoms in total. The molecule has 2 aliphatic rings. The van der Waals surface area contributed by atoms with Crippen LogP contribution in [0.5, 0.6) is 11.5 Å². The Morgan fingerprint density at radius 1 is 1.07 bits per heavy atom. The Balaban J connectivity index is 1.22. The number of hydrogen-bond acceptors (Lipinski definition) is 4. The zero-order valence-electron chi connectivity index (χ0n) is 15.3. The molecule has 2 aromatic carbocycles. The van der Waals surface area contributed by atoms with Crippen molar-refractivity contribution in [1.82, 2.24) is 10.2 Å². The molecule has 5 heteroatoms. The Morgan fingerprint density at radius 3 is 2.63 bits per heavy atom. The number of nitrogens with zero attached hydrogens (tertiary/aromatic N) is 1. The zero-order chi connectivity index (χ0) is 18.5. The van der Waals surface area contributed by atoms with Gasteiger partial charge in [0.25, 0.3) is 0 Å². The molecule has 0 unspecified atom stereocenters. The van der Waals surface area contributed by atoms with Gasteiger partial charge < -0.3 is 14.8 Å². The summed E-state index contributed by atoms with van der Waals surface area (Å²) in [4.78, 5) is 14.4. The van der Waals surface area contributed by atoms with Gasteiger partial charge in [-0.25, -0.2) is 0 Å². The van der Waals surface area contributed by atoms with Crippen LogP contribution in [0, 0.1) is 0 Å². The maximum atomic E-state index is 12.3. The predicted octanol–water partition coefficient (Wildman–Crippen LogP) is 2.73. The first-order valence-electron chi connectivity index (χ1n) is 9.40. The molecular weight excluding hydrogens is 340 g/mol. The number of fused-ring (bicyclic) bond motifs is 1. The molecule has 0 spiro atoms. The van der Waals surface area contributed by atoms with E-state index in [-0.39, 0.29) is 12.0 Å². The molecule has 1 N–H and O–H groups in total. The fourth-order valence-corrected chi connectivity index (χ4v) is 3.42. The Labute approximate surface area is 159 Å². The van der Waals surface area contributed by atoms with Gasteiger partial charge in [-0.2, -0.15) is 0 Å². The van der Waals surface area contributed by atoms with E-state index in [1.54, 1.807) is 0 Å². The van der Waals surface area contributed by atoms with Crippen molar-refractivity contribution in [1.29, 1.82) is 0 Å². The molecule has 4 rings (SSSR count). The van der Waals surface area contributed by atoms with Crippen LogP contribution in [0.3, 0.4) is 0 Å². The Kier molecular flexibility index (Phi) is 5.39. The molecule has 2 aromatic rings. The first-order valence-corrected chi connectivity index (χ1v) is 9.40. The fraction of sp³-hybridized carbons (Fsp3) is 0.318. The lowest BCUT2D eigenvalue weighted by Gasteiger charge is -2.28. The van der Waals surface area contributed by atoms with Crippen LogP contribution in [0.1, 0.15) is 12.0 Å². The van der Waals surface area contributed by atoms with Crippen molar-refractivity contribution in [3.8, 4) is 11.5 Å². The van der Waals surface area contributed by atoms with Crippen molar-refractivity contribution in [2.24, 2.45) is 0 Å². The van der Waals surface area contributed by atoms with Crippen LogP contribution in [0.4, 0.5) is 0 Å². The molecule has 2 aliphatic heterocycles. The number of carbonyl (C=O) groups excluding carboxylic acids is 1. The lowest BCUT2D eigenvalue weighted by molar-refractivity contribution is -0.122. The average molecular weight is 364 g/mol. The number of benzene rings is 2. The third-order valence-corrected chi connectivity index (χ3v) is 4.90. The second kappa shape index (κ2) is 8.27. The first-order chi connectivity index (χ1) is 13.3. The highest BCUT2D eigenvalue weighted by molar-refractivity contribution is 5.78. The van der Waals surface area contributed by atoms with Crippen molar-refractivity contribution >= 4 is 11.5 Å². The molecular formula is C22H24N2O3. The van der Waals surface area contributed by atoms with Gasteiger partial charge in [-0.15, -0.1) is 0 Å². The maximum absolute atomic E-state index is 12.3.